The van der Waals surface area contributed by atoms with Gasteiger partial charge in [-0.25, -0.2) is 36.3 Å². The number of imidazole rings is 1. The molecule has 1 N–H and O–H groups in total. The summed E-state index contributed by atoms with van der Waals surface area (Å²) in [4.78, 5) is 7.51. The number of hydrogen-bond donors (Lipinski definition) is 1. The third-order valence-corrected chi connectivity index (χ3v) is 7.42. The van der Waals surface area contributed by atoms with Crippen molar-refractivity contribution in [1.82, 2.24) is 19.1 Å². The van der Waals surface area contributed by atoms with Crippen molar-refractivity contribution in [3.8, 4) is 10.8 Å². The molecular formula is C15H11Cl2F3N4O2S2. The van der Waals surface area contributed by atoms with Crippen LogP contribution in [0.4, 0.5) is 13.2 Å². The minimum atomic E-state index is -4.08. The van der Waals surface area contributed by atoms with Gasteiger partial charge in [-0.3, -0.25) is 4.40 Å². The normalized spacial score (nSPS) is 16.2. The van der Waals surface area contributed by atoms with Crippen molar-refractivity contribution >= 4 is 50.1 Å². The molecule has 0 unspecified atom stereocenters. The molecule has 6 nitrogen and oxygen atoms in total. The van der Waals surface area contributed by atoms with Crippen molar-refractivity contribution in [1.29, 1.82) is 0 Å². The molecule has 150 valence electrons. The highest BCUT2D eigenvalue weighted by atomic mass is 35.5. The molecule has 0 bridgehead atoms. The first-order chi connectivity index (χ1) is 13.2. The molecule has 3 heterocycles. The van der Waals surface area contributed by atoms with Crippen molar-refractivity contribution < 1.29 is 21.6 Å². The van der Waals surface area contributed by atoms with Crippen LogP contribution in [0.15, 0.2) is 23.4 Å². The fourth-order valence-electron chi connectivity index (χ4n) is 2.65. The molecule has 0 aliphatic heterocycles. The summed E-state index contributed by atoms with van der Waals surface area (Å²) in [5.74, 6) is 0.0717. The number of thiazole rings is 1. The zero-order chi connectivity index (χ0) is 20.3. The van der Waals surface area contributed by atoms with Crippen LogP contribution in [-0.4, -0.2) is 35.0 Å². The summed E-state index contributed by atoms with van der Waals surface area (Å²) in [5, 5.41) is 0.0775. The molecule has 0 amide bonds. The van der Waals surface area contributed by atoms with Gasteiger partial charge in [0.2, 0.25) is 10.0 Å². The lowest BCUT2D eigenvalue weighted by atomic mass is 10.3. The molecule has 13 heteroatoms. The Kier molecular flexibility index (Phi) is 4.86. The van der Waals surface area contributed by atoms with Crippen LogP contribution < -0.4 is 4.72 Å². The topological polar surface area (TPSA) is 76.4 Å². The Hall–Kier alpha value is -1.40. The molecule has 3 aromatic rings. The SMILES string of the molecule is O=S(=O)(NC1(CF)CC1)c1cc(Cl)c2c(Cl)nc(-c3ncc(C(F)F)s3)n2c1. The number of aromatic nitrogens is 3. The fraction of sp³-hybridized carbons (Fsp3) is 0.333. The Bertz CT molecular complexity index is 1180. The van der Waals surface area contributed by atoms with Crippen LogP contribution in [0.1, 0.15) is 24.1 Å². The minimum Gasteiger partial charge on any atom is -0.294 e. The van der Waals surface area contributed by atoms with Crippen molar-refractivity contribution in [2.45, 2.75) is 29.7 Å². The second-order valence-electron chi connectivity index (χ2n) is 6.36. The second kappa shape index (κ2) is 6.84. The molecule has 4 rings (SSSR count). The molecule has 0 aromatic carbocycles. The molecule has 1 fully saturated rings. The summed E-state index contributed by atoms with van der Waals surface area (Å²) in [7, 11) is -4.08. The Morgan fingerprint density at radius 1 is 1.36 bits per heavy atom. The van der Waals surface area contributed by atoms with Gasteiger partial charge in [0.15, 0.2) is 16.0 Å². The lowest BCUT2D eigenvalue weighted by Crippen LogP contribution is -2.38. The Labute approximate surface area is 171 Å². The molecular weight excluding hydrogens is 460 g/mol. The van der Waals surface area contributed by atoms with Gasteiger partial charge in [0.1, 0.15) is 17.1 Å². The van der Waals surface area contributed by atoms with E-state index in [2.05, 4.69) is 14.7 Å². The van der Waals surface area contributed by atoms with Gasteiger partial charge in [0.05, 0.1) is 15.4 Å². The highest BCUT2D eigenvalue weighted by molar-refractivity contribution is 7.89. The van der Waals surface area contributed by atoms with Crippen LogP contribution in [0.3, 0.4) is 0 Å². The van der Waals surface area contributed by atoms with E-state index in [1.807, 2.05) is 0 Å². The Balaban J connectivity index is 1.85. The second-order valence-corrected chi connectivity index (χ2v) is 9.87. The smallest absolute Gasteiger partial charge is 0.274 e. The quantitative estimate of drug-likeness (QED) is 0.575. The highest BCUT2D eigenvalue weighted by Gasteiger charge is 2.46. The monoisotopic (exact) mass is 470 g/mol. The van der Waals surface area contributed by atoms with E-state index in [4.69, 9.17) is 23.2 Å². The number of halogens is 5. The van der Waals surface area contributed by atoms with Crippen molar-refractivity contribution in [3.05, 3.63) is 33.5 Å². The maximum atomic E-state index is 13.1. The molecule has 28 heavy (non-hydrogen) atoms. The van der Waals surface area contributed by atoms with Crippen LogP contribution in [0.2, 0.25) is 10.2 Å². The molecule has 1 aliphatic carbocycles. The number of rotatable bonds is 6. The summed E-state index contributed by atoms with van der Waals surface area (Å²) < 4.78 is 67.8. The summed E-state index contributed by atoms with van der Waals surface area (Å²) in [6.45, 7) is -0.820. The standard InChI is InChI=1S/C15H11Cl2F3N4O2S2/c16-8-3-7(28(25,26)23-15(6-18)1-2-15)5-24-10(8)11(17)22-13(24)14-21-4-9(27-14)12(19)20/h3-5,12,23H,1-2,6H2. The van der Waals surface area contributed by atoms with Gasteiger partial charge >= 0.3 is 0 Å². The number of hydrogen-bond acceptors (Lipinski definition) is 5. The first-order valence-corrected chi connectivity index (χ1v) is 10.9. The zero-order valence-electron chi connectivity index (χ0n) is 13.8. The molecule has 0 radical (unpaired) electrons. The van der Waals surface area contributed by atoms with Crippen LogP contribution in [0.25, 0.3) is 16.3 Å². The third kappa shape index (κ3) is 3.39. The summed E-state index contributed by atoms with van der Waals surface area (Å²) in [6.07, 6.45) is 0.316. The first-order valence-electron chi connectivity index (χ1n) is 7.87. The van der Waals surface area contributed by atoms with E-state index in [0.717, 1.165) is 6.20 Å². The highest BCUT2D eigenvalue weighted by Crippen LogP contribution is 2.39. The van der Waals surface area contributed by atoms with E-state index < -0.39 is 28.7 Å². The van der Waals surface area contributed by atoms with Gasteiger partial charge in [0.25, 0.3) is 6.43 Å². The van der Waals surface area contributed by atoms with Crippen LogP contribution >= 0.6 is 34.5 Å². The predicted octanol–water partition coefficient (Wildman–Crippen LogP) is 4.48. The molecule has 1 aliphatic rings. The fourth-order valence-corrected chi connectivity index (χ4v) is 5.55. The largest absolute Gasteiger partial charge is 0.294 e. The van der Waals surface area contributed by atoms with E-state index in [1.54, 1.807) is 0 Å². The number of nitrogens with one attached hydrogen (secondary N) is 1. The van der Waals surface area contributed by atoms with E-state index >= 15 is 0 Å². The maximum Gasteiger partial charge on any atom is 0.274 e. The summed E-state index contributed by atoms with van der Waals surface area (Å²) >= 11 is 13.0. The van der Waals surface area contributed by atoms with Crippen molar-refractivity contribution in [2.75, 3.05) is 6.67 Å². The lowest BCUT2D eigenvalue weighted by molar-refractivity contribution is 0.155. The average molecular weight is 471 g/mol. The third-order valence-electron chi connectivity index (χ3n) is 4.32. The molecule has 1 saturated carbocycles. The van der Waals surface area contributed by atoms with Crippen LogP contribution in [0, 0.1) is 0 Å². The van der Waals surface area contributed by atoms with Gasteiger partial charge in [0, 0.05) is 12.4 Å². The van der Waals surface area contributed by atoms with E-state index in [-0.39, 0.29) is 36.3 Å². The van der Waals surface area contributed by atoms with Crippen LogP contribution in [0.5, 0.6) is 0 Å². The average Bonchev–Trinajstić information content (AvgIpc) is 3.07. The Morgan fingerprint density at radius 3 is 2.64 bits per heavy atom. The van der Waals surface area contributed by atoms with E-state index in [9.17, 15) is 21.6 Å². The van der Waals surface area contributed by atoms with E-state index in [1.165, 1.54) is 16.7 Å². The van der Waals surface area contributed by atoms with Crippen molar-refractivity contribution in [3.63, 3.8) is 0 Å². The molecule has 0 saturated heterocycles. The first kappa shape index (κ1) is 19.9. The maximum absolute atomic E-state index is 13.1. The van der Waals surface area contributed by atoms with Crippen molar-refractivity contribution in [2.24, 2.45) is 0 Å². The number of alkyl halides is 3. The summed E-state index contributed by atoms with van der Waals surface area (Å²) in [5.41, 5.74) is -0.880. The van der Waals surface area contributed by atoms with Crippen LogP contribution in [-0.2, 0) is 10.0 Å². The zero-order valence-corrected chi connectivity index (χ0v) is 16.9. The van der Waals surface area contributed by atoms with Gasteiger partial charge in [-0.2, -0.15) is 0 Å². The molecule has 0 spiro atoms. The van der Waals surface area contributed by atoms with Gasteiger partial charge < -0.3 is 0 Å². The van der Waals surface area contributed by atoms with E-state index in [0.29, 0.717) is 24.2 Å². The number of sulfonamides is 1. The molecule has 0 atom stereocenters. The lowest BCUT2D eigenvalue weighted by Gasteiger charge is -2.14. The van der Waals surface area contributed by atoms with Gasteiger partial charge in [-0.1, -0.05) is 23.2 Å². The number of nitrogens with zero attached hydrogens (tertiary/aromatic N) is 3. The number of fused-ring (bicyclic) bond motifs is 1. The number of pyridine rings is 1. The molecule has 3 aromatic heterocycles. The van der Waals surface area contributed by atoms with Gasteiger partial charge in [-0.15, -0.1) is 11.3 Å². The van der Waals surface area contributed by atoms with Gasteiger partial charge in [-0.05, 0) is 18.9 Å². The predicted molar refractivity (Wildman–Crippen MR) is 99.5 cm³/mol. The Morgan fingerprint density at radius 2 is 2.07 bits per heavy atom. The summed E-state index contributed by atoms with van der Waals surface area (Å²) in [6, 6.07) is 1.18. The minimum absolute atomic E-state index is 0.0117.